The van der Waals surface area contributed by atoms with E-state index >= 15 is 0 Å². The van der Waals surface area contributed by atoms with Crippen LogP contribution in [0, 0.1) is 11.8 Å². The van der Waals surface area contributed by atoms with E-state index in [2.05, 4.69) is 41.5 Å². The van der Waals surface area contributed by atoms with Gasteiger partial charge in [-0.25, -0.2) is 9.13 Å². The van der Waals surface area contributed by atoms with Crippen molar-refractivity contribution in [2.75, 3.05) is 39.6 Å². The van der Waals surface area contributed by atoms with Crippen LogP contribution in [0.2, 0.25) is 0 Å². The molecule has 19 heteroatoms. The van der Waals surface area contributed by atoms with Gasteiger partial charge in [0.15, 0.2) is 12.2 Å². The molecule has 0 aliphatic rings. The summed E-state index contributed by atoms with van der Waals surface area (Å²) in [5.41, 5.74) is 0. The third-order valence-corrected chi connectivity index (χ3v) is 20.7. The molecule has 0 aromatic heterocycles. The summed E-state index contributed by atoms with van der Waals surface area (Å²) in [6.07, 6.45) is 59.4. The summed E-state index contributed by atoms with van der Waals surface area (Å²) in [6, 6.07) is 0. The standard InChI is InChI=1S/C79H154O17P2/c1-7-10-12-14-16-18-20-21-22-26-32-38-44-50-56-62-77(82)90-68-75(95-78(83)63-57-51-45-39-33-27-24-23-25-31-36-42-48-54-60-72(6)9-3)70-94-98(87,88)92-66-73(80)65-91-97(85,86)93-69-74(67-89-76(81)61-55-49-43-37-29-19-17-15-13-11-8-2)96-79(84)64-58-52-46-40-34-28-30-35-41-47-53-59-71(4)5/h71-75,80H,7-70H2,1-6H3,(H,85,86)(H,87,88)/t72?,73-,74+,75+/m0/s1. The molecule has 6 atom stereocenters. The van der Waals surface area contributed by atoms with Crippen molar-refractivity contribution in [2.45, 2.75) is 432 Å². The molecule has 0 aliphatic carbocycles. The van der Waals surface area contributed by atoms with Crippen LogP contribution in [-0.2, 0) is 65.4 Å². The lowest BCUT2D eigenvalue weighted by Gasteiger charge is -2.21. The Morgan fingerprint density at radius 1 is 0.296 bits per heavy atom. The molecule has 0 fully saturated rings. The highest BCUT2D eigenvalue weighted by Crippen LogP contribution is 2.45. The monoisotopic (exact) mass is 1440 g/mol. The number of carbonyl (C=O) groups excluding carboxylic acids is 4. The molecular weight excluding hydrogens is 1280 g/mol. The zero-order chi connectivity index (χ0) is 72.1. The lowest BCUT2D eigenvalue weighted by atomic mass is 9.99. The SMILES string of the molecule is CCCCCCCCCCCCCCCCCC(=O)OC[C@H](COP(=O)(O)OC[C@@H](O)COP(=O)(O)OC[C@@H](COC(=O)CCCCCCCCCCCCC)OC(=O)CCCCCCCCCCCCCC(C)C)OC(=O)CCCCCCCCCCCCCCCCC(C)CC. The van der Waals surface area contributed by atoms with Crippen molar-refractivity contribution in [2.24, 2.45) is 11.8 Å². The summed E-state index contributed by atoms with van der Waals surface area (Å²) >= 11 is 0. The fourth-order valence-corrected chi connectivity index (χ4v) is 13.7. The van der Waals surface area contributed by atoms with Gasteiger partial charge >= 0.3 is 39.5 Å². The number of phosphoric acid groups is 2. The fraction of sp³-hybridized carbons (Fsp3) is 0.949. The van der Waals surface area contributed by atoms with Crippen LogP contribution >= 0.6 is 15.6 Å². The summed E-state index contributed by atoms with van der Waals surface area (Å²) in [5, 5.41) is 10.6. The molecular formula is C79H154O17P2. The Morgan fingerprint density at radius 3 is 0.776 bits per heavy atom. The third kappa shape index (κ3) is 71.1. The summed E-state index contributed by atoms with van der Waals surface area (Å²) in [4.78, 5) is 73.0. The van der Waals surface area contributed by atoms with E-state index in [1.165, 1.54) is 231 Å². The first-order valence-electron chi connectivity index (χ1n) is 41.0. The van der Waals surface area contributed by atoms with E-state index in [1.807, 2.05) is 0 Å². The second kappa shape index (κ2) is 70.7. The van der Waals surface area contributed by atoms with Crippen molar-refractivity contribution < 1.29 is 80.2 Å². The summed E-state index contributed by atoms with van der Waals surface area (Å²) in [7, 11) is -9.92. The van der Waals surface area contributed by atoms with E-state index in [9.17, 15) is 43.2 Å². The molecule has 0 spiro atoms. The van der Waals surface area contributed by atoms with Crippen molar-refractivity contribution in [1.29, 1.82) is 0 Å². The Morgan fingerprint density at radius 2 is 0.520 bits per heavy atom. The number of hydrogen-bond acceptors (Lipinski definition) is 15. The average molecular weight is 1440 g/mol. The van der Waals surface area contributed by atoms with Crippen LogP contribution in [0.3, 0.4) is 0 Å². The smallest absolute Gasteiger partial charge is 0.462 e. The minimum absolute atomic E-state index is 0.107. The Hall–Kier alpha value is -1.94. The summed E-state index contributed by atoms with van der Waals surface area (Å²) < 4.78 is 68.7. The summed E-state index contributed by atoms with van der Waals surface area (Å²) in [6.45, 7) is 9.68. The first-order chi connectivity index (χ1) is 47.4. The van der Waals surface area contributed by atoms with Crippen LogP contribution in [-0.4, -0.2) is 96.7 Å². The van der Waals surface area contributed by atoms with Crippen LogP contribution in [0.4, 0.5) is 0 Å². The van der Waals surface area contributed by atoms with Crippen molar-refractivity contribution >= 4 is 39.5 Å². The van der Waals surface area contributed by atoms with Gasteiger partial charge in [0, 0.05) is 25.7 Å². The van der Waals surface area contributed by atoms with Gasteiger partial charge < -0.3 is 33.8 Å². The molecule has 0 aromatic rings. The molecule has 0 aromatic carbocycles. The number of hydrogen-bond donors (Lipinski definition) is 3. The second-order valence-electron chi connectivity index (χ2n) is 29.2. The van der Waals surface area contributed by atoms with Crippen LogP contribution in [0.5, 0.6) is 0 Å². The average Bonchev–Trinajstić information content (AvgIpc) is 0.951. The van der Waals surface area contributed by atoms with Crippen LogP contribution in [0.1, 0.15) is 414 Å². The van der Waals surface area contributed by atoms with Gasteiger partial charge in [-0.2, -0.15) is 0 Å². The zero-order valence-corrected chi connectivity index (χ0v) is 65.9. The van der Waals surface area contributed by atoms with Gasteiger partial charge in [-0.05, 0) is 37.5 Å². The maximum Gasteiger partial charge on any atom is 0.472 e. The highest BCUT2D eigenvalue weighted by molar-refractivity contribution is 7.47. The Balaban J connectivity index is 5.26. The van der Waals surface area contributed by atoms with Crippen molar-refractivity contribution in [1.82, 2.24) is 0 Å². The van der Waals surface area contributed by atoms with Crippen LogP contribution in [0.15, 0.2) is 0 Å². The van der Waals surface area contributed by atoms with Crippen LogP contribution < -0.4 is 0 Å². The highest BCUT2D eigenvalue weighted by Gasteiger charge is 2.30. The number of aliphatic hydroxyl groups excluding tert-OH is 1. The number of carbonyl (C=O) groups is 4. The van der Waals surface area contributed by atoms with E-state index in [0.717, 1.165) is 102 Å². The molecule has 0 bridgehead atoms. The van der Waals surface area contributed by atoms with Crippen molar-refractivity contribution in [3.63, 3.8) is 0 Å². The van der Waals surface area contributed by atoms with E-state index in [4.69, 9.17) is 37.0 Å². The van der Waals surface area contributed by atoms with Gasteiger partial charge in [0.25, 0.3) is 0 Å². The number of unbranched alkanes of at least 4 members (excludes halogenated alkanes) is 47. The van der Waals surface area contributed by atoms with E-state index in [0.29, 0.717) is 25.7 Å². The van der Waals surface area contributed by atoms with Gasteiger partial charge in [0.05, 0.1) is 26.4 Å². The Bertz CT molecular complexity index is 1890. The number of phosphoric ester groups is 2. The Labute approximate surface area is 600 Å². The van der Waals surface area contributed by atoms with Gasteiger partial charge in [-0.1, -0.05) is 363 Å². The molecule has 0 heterocycles. The molecule has 98 heavy (non-hydrogen) atoms. The molecule has 0 radical (unpaired) electrons. The maximum atomic E-state index is 13.1. The number of rotatable bonds is 78. The minimum Gasteiger partial charge on any atom is -0.462 e. The molecule has 0 aliphatic heterocycles. The molecule has 0 amide bonds. The molecule has 3 unspecified atom stereocenters. The minimum atomic E-state index is -4.96. The highest BCUT2D eigenvalue weighted by atomic mass is 31.2. The van der Waals surface area contributed by atoms with Gasteiger partial charge in [-0.3, -0.25) is 37.3 Å². The molecule has 0 saturated heterocycles. The van der Waals surface area contributed by atoms with E-state index in [-0.39, 0.29) is 25.7 Å². The fourth-order valence-electron chi connectivity index (χ4n) is 12.2. The largest absolute Gasteiger partial charge is 0.472 e. The molecule has 3 N–H and O–H groups in total. The molecule has 17 nitrogen and oxygen atoms in total. The first kappa shape index (κ1) is 96.1. The predicted molar refractivity (Wildman–Crippen MR) is 400 cm³/mol. The predicted octanol–water partition coefficient (Wildman–Crippen LogP) is 23.5. The van der Waals surface area contributed by atoms with E-state index in [1.54, 1.807) is 0 Å². The third-order valence-electron chi connectivity index (χ3n) is 18.8. The summed E-state index contributed by atoms with van der Waals surface area (Å²) in [5.74, 6) is -0.498. The van der Waals surface area contributed by atoms with Crippen LogP contribution in [0.25, 0.3) is 0 Å². The normalized spacial score (nSPS) is 14.2. The zero-order valence-electron chi connectivity index (χ0n) is 64.1. The first-order valence-corrected chi connectivity index (χ1v) is 44.0. The second-order valence-corrected chi connectivity index (χ2v) is 32.1. The molecule has 0 rings (SSSR count). The lowest BCUT2D eigenvalue weighted by Crippen LogP contribution is -2.30. The number of aliphatic hydroxyl groups is 1. The van der Waals surface area contributed by atoms with E-state index < -0.39 is 97.5 Å². The van der Waals surface area contributed by atoms with Gasteiger partial charge in [0.1, 0.15) is 19.3 Å². The maximum absolute atomic E-state index is 13.1. The Kier molecular flexibility index (Phi) is 69.3. The van der Waals surface area contributed by atoms with Crippen molar-refractivity contribution in [3.05, 3.63) is 0 Å². The molecule has 582 valence electrons. The lowest BCUT2D eigenvalue weighted by molar-refractivity contribution is -0.161. The van der Waals surface area contributed by atoms with Gasteiger partial charge in [0.2, 0.25) is 0 Å². The van der Waals surface area contributed by atoms with Gasteiger partial charge in [-0.15, -0.1) is 0 Å². The number of ether oxygens (including phenoxy) is 4. The topological polar surface area (TPSA) is 237 Å². The molecule has 0 saturated carbocycles. The number of esters is 4. The van der Waals surface area contributed by atoms with Crippen molar-refractivity contribution in [3.8, 4) is 0 Å². The quantitative estimate of drug-likeness (QED) is 0.0222.